The molecule has 0 fully saturated rings. The van der Waals surface area contributed by atoms with Gasteiger partial charge in [-0.15, -0.1) is 13.2 Å². The Balaban J connectivity index is 2.79. The summed E-state index contributed by atoms with van der Waals surface area (Å²) in [5.41, 5.74) is 0.369. The molecule has 0 aliphatic heterocycles. The van der Waals surface area contributed by atoms with Crippen LogP contribution in [0.25, 0.3) is 0 Å². The van der Waals surface area contributed by atoms with Gasteiger partial charge in [-0.2, -0.15) is 5.26 Å². The lowest BCUT2D eigenvalue weighted by atomic mass is 9.99. The molecule has 0 aliphatic carbocycles. The van der Waals surface area contributed by atoms with Crippen molar-refractivity contribution in [2.75, 3.05) is 0 Å². The van der Waals surface area contributed by atoms with Gasteiger partial charge in [-0.25, -0.2) is 0 Å². The second-order valence-electron chi connectivity index (χ2n) is 3.48. The van der Waals surface area contributed by atoms with Crippen molar-refractivity contribution in [1.82, 2.24) is 0 Å². The van der Waals surface area contributed by atoms with E-state index in [1.165, 1.54) is 19.1 Å². The van der Waals surface area contributed by atoms with Gasteiger partial charge in [0, 0.05) is 0 Å². The number of rotatable bonds is 3. The molecule has 2 atom stereocenters. The summed E-state index contributed by atoms with van der Waals surface area (Å²) in [4.78, 5) is 0. The Hall–Kier alpha value is -1.74. The van der Waals surface area contributed by atoms with Gasteiger partial charge in [0.25, 0.3) is 0 Å². The molecule has 0 aliphatic rings. The van der Waals surface area contributed by atoms with Gasteiger partial charge in [0.1, 0.15) is 5.75 Å². The summed E-state index contributed by atoms with van der Waals surface area (Å²) in [6.07, 6.45) is -5.76. The molecule has 17 heavy (non-hydrogen) atoms. The highest BCUT2D eigenvalue weighted by molar-refractivity contribution is 5.29. The number of nitriles is 1. The second kappa shape index (κ2) is 5.06. The average molecular weight is 245 g/mol. The van der Waals surface area contributed by atoms with Crippen LogP contribution >= 0.6 is 0 Å². The lowest BCUT2D eigenvalue weighted by Gasteiger charge is -2.14. The molecule has 1 aromatic carbocycles. The fraction of sp³-hybridized carbons (Fsp3) is 0.364. The number of alkyl halides is 3. The smallest absolute Gasteiger partial charge is 0.406 e. The van der Waals surface area contributed by atoms with Crippen molar-refractivity contribution in [1.29, 1.82) is 5.26 Å². The summed E-state index contributed by atoms with van der Waals surface area (Å²) < 4.78 is 39.3. The van der Waals surface area contributed by atoms with Gasteiger partial charge in [-0.05, 0) is 24.6 Å². The lowest BCUT2D eigenvalue weighted by molar-refractivity contribution is -0.274. The molecule has 0 saturated carbocycles. The highest BCUT2D eigenvalue weighted by atomic mass is 19.4. The summed E-state index contributed by atoms with van der Waals surface area (Å²) >= 11 is 0. The number of halogens is 3. The van der Waals surface area contributed by atoms with Crippen LogP contribution in [0.2, 0.25) is 0 Å². The van der Waals surface area contributed by atoms with E-state index in [4.69, 9.17) is 5.26 Å². The van der Waals surface area contributed by atoms with Gasteiger partial charge in [-0.3, -0.25) is 0 Å². The zero-order valence-electron chi connectivity index (χ0n) is 8.90. The summed E-state index contributed by atoms with van der Waals surface area (Å²) in [5.74, 6) is -0.998. The summed E-state index contributed by atoms with van der Waals surface area (Å²) in [6.45, 7) is 1.52. The molecule has 0 amide bonds. The third-order valence-corrected chi connectivity index (χ3v) is 2.13. The fourth-order valence-electron chi connectivity index (χ4n) is 1.23. The van der Waals surface area contributed by atoms with E-state index >= 15 is 0 Å². The molecule has 0 spiro atoms. The van der Waals surface area contributed by atoms with Crippen LogP contribution in [0.1, 0.15) is 18.6 Å². The highest BCUT2D eigenvalue weighted by Gasteiger charge is 2.31. The summed E-state index contributed by atoms with van der Waals surface area (Å²) in [5, 5.41) is 18.2. The first-order valence-corrected chi connectivity index (χ1v) is 4.77. The van der Waals surface area contributed by atoms with Crippen LogP contribution in [0.3, 0.4) is 0 Å². The molecule has 1 rings (SSSR count). The van der Waals surface area contributed by atoms with Crippen molar-refractivity contribution >= 4 is 0 Å². The predicted octanol–water partition coefficient (Wildman–Crippen LogP) is 2.78. The first-order valence-electron chi connectivity index (χ1n) is 4.77. The largest absolute Gasteiger partial charge is 0.573 e. The molecule has 6 heteroatoms. The van der Waals surface area contributed by atoms with Gasteiger partial charge in [0.2, 0.25) is 0 Å². The molecule has 0 heterocycles. The second-order valence-corrected chi connectivity index (χ2v) is 3.48. The van der Waals surface area contributed by atoms with E-state index in [2.05, 4.69) is 4.74 Å². The van der Waals surface area contributed by atoms with Gasteiger partial charge in [0.05, 0.1) is 18.1 Å². The molecule has 0 radical (unpaired) electrons. The minimum Gasteiger partial charge on any atom is -0.406 e. The van der Waals surface area contributed by atoms with Crippen LogP contribution in [-0.2, 0) is 0 Å². The highest BCUT2D eigenvalue weighted by Crippen LogP contribution is 2.26. The molecule has 1 N–H and O–H groups in total. The Morgan fingerprint density at radius 3 is 2.24 bits per heavy atom. The van der Waals surface area contributed by atoms with Crippen LogP contribution in [0, 0.1) is 17.2 Å². The summed E-state index contributed by atoms with van der Waals surface area (Å²) in [6, 6.07) is 6.62. The van der Waals surface area contributed by atoms with E-state index in [1.54, 1.807) is 0 Å². The van der Waals surface area contributed by atoms with Gasteiger partial charge in [-0.1, -0.05) is 12.1 Å². The third-order valence-electron chi connectivity index (χ3n) is 2.13. The van der Waals surface area contributed by atoms with Crippen LogP contribution in [-0.4, -0.2) is 11.5 Å². The molecule has 3 nitrogen and oxygen atoms in total. The molecule has 0 bridgehead atoms. The molecular weight excluding hydrogens is 235 g/mol. The minimum atomic E-state index is -4.74. The number of nitrogens with zero attached hydrogens (tertiary/aromatic N) is 1. The van der Waals surface area contributed by atoms with E-state index in [9.17, 15) is 18.3 Å². The number of hydrogen-bond donors (Lipinski definition) is 1. The van der Waals surface area contributed by atoms with Crippen molar-refractivity contribution < 1.29 is 23.0 Å². The van der Waals surface area contributed by atoms with Crippen molar-refractivity contribution in [2.45, 2.75) is 19.4 Å². The maximum absolute atomic E-state index is 11.9. The van der Waals surface area contributed by atoms with Crippen LogP contribution in [0.15, 0.2) is 24.3 Å². The van der Waals surface area contributed by atoms with E-state index < -0.39 is 18.4 Å². The Bertz CT molecular complexity index is 408. The van der Waals surface area contributed by atoms with Gasteiger partial charge in [0.15, 0.2) is 0 Å². The predicted molar refractivity (Wildman–Crippen MR) is 52.9 cm³/mol. The Labute approximate surface area is 96.1 Å². The van der Waals surface area contributed by atoms with Crippen molar-refractivity contribution in [3.63, 3.8) is 0 Å². The monoisotopic (exact) mass is 245 g/mol. The van der Waals surface area contributed by atoms with Crippen molar-refractivity contribution in [3.05, 3.63) is 29.8 Å². The van der Waals surface area contributed by atoms with E-state index in [0.29, 0.717) is 5.56 Å². The number of hydrogen-bond acceptors (Lipinski definition) is 3. The molecule has 92 valence electrons. The Morgan fingerprint density at radius 1 is 1.29 bits per heavy atom. The number of benzene rings is 1. The molecular formula is C11H10F3NO2. The number of ether oxygens (including phenoxy) is 1. The molecule has 2 unspecified atom stereocenters. The Morgan fingerprint density at radius 2 is 1.82 bits per heavy atom. The first kappa shape index (κ1) is 13.3. The van der Waals surface area contributed by atoms with E-state index in [-0.39, 0.29) is 5.75 Å². The quantitative estimate of drug-likeness (QED) is 0.890. The zero-order valence-corrected chi connectivity index (χ0v) is 8.90. The van der Waals surface area contributed by atoms with Crippen molar-refractivity contribution in [3.8, 4) is 11.8 Å². The summed E-state index contributed by atoms with van der Waals surface area (Å²) in [7, 11) is 0. The van der Waals surface area contributed by atoms with Crippen LogP contribution in [0.4, 0.5) is 13.2 Å². The Kier molecular flexibility index (Phi) is 3.97. The zero-order chi connectivity index (χ0) is 13.1. The minimum absolute atomic E-state index is 0.363. The SMILES string of the molecule is CC(C#N)C(O)c1ccc(OC(F)(F)F)cc1. The number of aliphatic hydroxyl groups excluding tert-OH is 1. The normalized spacial score (nSPS) is 14.8. The molecule has 1 aromatic rings. The maximum Gasteiger partial charge on any atom is 0.573 e. The lowest BCUT2D eigenvalue weighted by Crippen LogP contribution is -2.17. The van der Waals surface area contributed by atoms with Crippen molar-refractivity contribution in [2.24, 2.45) is 5.92 Å². The number of aliphatic hydroxyl groups is 1. The van der Waals surface area contributed by atoms with Crippen LogP contribution < -0.4 is 4.74 Å². The molecule has 0 aromatic heterocycles. The van der Waals surface area contributed by atoms with Crippen LogP contribution in [0.5, 0.6) is 5.75 Å². The topological polar surface area (TPSA) is 53.2 Å². The van der Waals surface area contributed by atoms with E-state index in [1.807, 2.05) is 6.07 Å². The molecule has 0 saturated heterocycles. The van der Waals surface area contributed by atoms with E-state index in [0.717, 1.165) is 12.1 Å². The first-order chi connectivity index (χ1) is 7.83. The average Bonchev–Trinajstić information content (AvgIpc) is 2.26. The maximum atomic E-state index is 11.9. The standard InChI is InChI=1S/C11H10F3NO2/c1-7(6-15)10(16)8-2-4-9(5-3-8)17-11(12,13)14/h2-5,7,10,16H,1H3. The third kappa shape index (κ3) is 3.96. The van der Waals surface area contributed by atoms with Gasteiger partial charge < -0.3 is 9.84 Å². The van der Waals surface area contributed by atoms with Gasteiger partial charge >= 0.3 is 6.36 Å². The fourth-order valence-corrected chi connectivity index (χ4v) is 1.23.